The van der Waals surface area contributed by atoms with Gasteiger partial charge in [0.05, 0.1) is 18.5 Å². The van der Waals surface area contributed by atoms with Crippen LogP contribution in [0.15, 0.2) is 12.4 Å². The molecule has 0 aromatic carbocycles. The molecule has 0 unspecified atom stereocenters. The van der Waals surface area contributed by atoms with E-state index < -0.39 is 25.0 Å². The Bertz CT molecular complexity index is 447. The van der Waals surface area contributed by atoms with Gasteiger partial charge in [-0.25, -0.2) is 0 Å². The second-order valence-electron chi connectivity index (χ2n) is 4.03. The van der Waals surface area contributed by atoms with Crippen molar-refractivity contribution in [3.05, 3.63) is 12.4 Å². The molecule has 0 amide bonds. The summed E-state index contributed by atoms with van der Waals surface area (Å²) >= 11 is 0. The van der Waals surface area contributed by atoms with Crippen LogP contribution in [0.4, 0.5) is 5.82 Å². The van der Waals surface area contributed by atoms with Gasteiger partial charge in [-0.2, -0.15) is 4.98 Å². The third kappa shape index (κ3) is 5.19. The van der Waals surface area contributed by atoms with E-state index in [1.807, 2.05) is 0 Å². The fourth-order valence-electron chi connectivity index (χ4n) is 1.33. The Morgan fingerprint density at radius 1 is 1.26 bits per heavy atom. The molecular weight excluding hydrogens is 254 g/mol. The number of aromatic nitrogens is 2. The Balaban J connectivity index is 2.94. The van der Waals surface area contributed by atoms with E-state index in [4.69, 9.17) is 14.9 Å². The maximum absolute atomic E-state index is 10.7. The lowest BCUT2D eigenvalue weighted by atomic mass is 10.4. The summed E-state index contributed by atoms with van der Waals surface area (Å²) in [6.45, 7) is 2.65. The van der Waals surface area contributed by atoms with Gasteiger partial charge in [0, 0.05) is 0 Å². The van der Waals surface area contributed by atoms with E-state index in [1.165, 1.54) is 12.4 Å². The molecule has 0 aliphatic rings. The standard InChI is InChI=1S/C11H15N3O5/c1-7(2)19-9-4-12-3-8(13-9)14(5-10(15)16)6-11(17)18/h3-4,7H,5-6H2,1-2H3,(H,15,16)(H,17,18). The lowest BCUT2D eigenvalue weighted by molar-refractivity contribution is -0.136. The quantitative estimate of drug-likeness (QED) is 0.723. The van der Waals surface area contributed by atoms with Crippen molar-refractivity contribution in [3.8, 4) is 5.88 Å². The molecule has 1 heterocycles. The van der Waals surface area contributed by atoms with E-state index in [-0.39, 0.29) is 17.8 Å². The molecule has 0 saturated carbocycles. The fraction of sp³-hybridized carbons (Fsp3) is 0.455. The lowest BCUT2D eigenvalue weighted by Gasteiger charge is -2.19. The van der Waals surface area contributed by atoms with Gasteiger partial charge in [0.1, 0.15) is 13.1 Å². The summed E-state index contributed by atoms with van der Waals surface area (Å²) < 4.78 is 5.32. The zero-order valence-corrected chi connectivity index (χ0v) is 10.6. The maximum Gasteiger partial charge on any atom is 0.323 e. The molecule has 8 nitrogen and oxygen atoms in total. The first-order chi connectivity index (χ1) is 8.88. The average Bonchev–Trinajstić information content (AvgIpc) is 2.26. The normalized spacial score (nSPS) is 10.3. The fourth-order valence-corrected chi connectivity index (χ4v) is 1.33. The van der Waals surface area contributed by atoms with Gasteiger partial charge in [0.2, 0.25) is 5.88 Å². The van der Waals surface area contributed by atoms with Crippen LogP contribution in [-0.4, -0.2) is 51.3 Å². The van der Waals surface area contributed by atoms with Gasteiger partial charge in [-0.3, -0.25) is 14.6 Å². The van der Waals surface area contributed by atoms with Crippen molar-refractivity contribution in [2.75, 3.05) is 18.0 Å². The highest BCUT2D eigenvalue weighted by atomic mass is 16.5. The Hall–Kier alpha value is -2.38. The van der Waals surface area contributed by atoms with E-state index in [1.54, 1.807) is 13.8 Å². The number of hydrogen-bond donors (Lipinski definition) is 2. The van der Waals surface area contributed by atoms with Gasteiger partial charge in [-0.05, 0) is 13.8 Å². The van der Waals surface area contributed by atoms with Crippen LogP contribution in [0.25, 0.3) is 0 Å². The number of carboxylic acid groups (broad SMARTS) is 2. The maximum atomic E-state index is 10.7. The third-order valence-corrected chi connectivity index (χ3v) is 1.93. The number of ether oxygens (including phenoxy) is 1. The van der Waals surface area contributed by atoms with Crippen molar-refractivity contribution < 1.29 is 24.5 Å². The second kappa shape index (κ2) is 6.53. The number of nitrogens with zero attached hydrogens (tertiary/aromatic N) is 3. The van der Waals surface area contributed by atoms with Gasteiger partial charge < -0.3 is 19.8 Å². The van der Waals surface area contributed by atoms with Gasteiger partial charge in [0.15, 0.2) is 5.82 Å². The molecule has 8 heteroatoms. The Labute approximate surface area is 109 Å². The molecule has 0 bridgehead atoms. The summed E-state index contributed by atoms with van der Waals surface area (Å²) in [6, 6.07) is 0. The second-order valence-corrected chi connectivity index (χ2v) is 4.03. The molecule has 0 fully saturated rings. The number of anilines is 1. The van der Waals surface area contributed by atoms with Crippen LogP contribution >= 0.6 is 0 Å². The highest BCUT2D eigenvalue weighted by molar-refractivity contribution is 5.78. The molecule has 2 N–H and O–H groups in total. The molecule has 0 saturated heterocycles. The largest absolute Gasteiger partial charge is 0.480 e. The van der Waals surface area contributed by atoms with E-state index in [0.717, 1.165) is 4.90 Å². The SMILES string of the molecule is CC(C)Oc1cncc(N(CC(=O)O)CC(=O)O)n1. The molecule has 0 aliphatic carbocycles. The number of aliphatic carboxylic acids is 2. The summed E-state index contributed by atoms with van der Waals surface area (Å²) in [7, 11) is 0. The minimum absolute atomic E-state index is 0.114. The minimum atomic E-state index is -1.15. The van der Waals surface area contributed by atoms with Crippen LogP contribution in [0.3, 0.4) is 0 Å². The monoisotopic (exact) mass is 269 g/mol. The first kappa shape index (κ1) is 14.7. The van der Waals surface area contributed by atoms with Crippen molar-refractivity contribution in [1.82, 2.24) is 9.97 Å². The first-order valence-corrected chi connectivity index (χ1v) is 5.55. The number of carbonyl (C=O) groups is 2. The van der Waals surface area contributed by atoms with Gasteiger partial charge >= 0.3 is 11.9 Å². The zero-order valence-electron chi connectivity index (χ0n) is 10.6. The Morgan fingerprint density at radius 3 is 2.32 bits per heavy atom. The molecule has 0 atom stereocenters. The van der Waals surface area contributed by atoms with Crippen LogP contribution < -0.4 is 9.64 Å². The number of carboxylic acids is 2. The molecule has 104 valence electrons. The summed E-state index contributed by atoms with van der Waals surface area (Å²) in [6.07, 6.45) is 2.55. The van der Waals surface area contributed by atoms with Gasteiger partial charge in [0.25, 0.3) is 0 Å². The molecule has 1 aromatic heterocycles. The molecular formula is C11H15N3O5. The number of hydrogen-bond acceptors (Lipinski definition) is 6. The molecule has 0 spiro atoms. The van der Waals surface area contributed by atoms with Crippen LogP contribution in [0.5, 0.6) is 5.88 Å². The Kier molecular flexibility index (Phi) is 5.04. The van der Waals surface area contributed by atoms with Crippen LogP contribution in [0.1, 0.15) is 13.8 Å². The first-order valence-electron chi connectivity index (χ1n) is 5.55. The average molecular weight is 269 g/mol. The van der Waals surface area contributed by atoms with Gasteiger partial charge in [-0.1, -0.05) is 0 Å². The highest BCUT2D eigenvalue weighted by Crippen LogP contribution is 2.14. The Morgan fingerprint density at radius 2 is 1.84 bits per heavy atom. The van der Waals surface area contributed by atoms with Crippen molar-refractivity contribution in [2.24, 2.45) is 0 Å². The molecule has 1 aromatic rings. The predicted octanol–water partition coefficient (Wildman–Crippen LogP) is 0.239. The van der Waals surface area contributed by atoms with E-state index in [2.05, 4.69) is 9.97 Å². The van der Waals surface area contributed by atoms with E-state index in [9.17, 15) is 9.59 Å². The summed E-state index contributed by atoms with van der Waals surface area (Å²) in [5.74, 6) is -1.95. The van der Waals surface area contributed by atoms with E-state index >= 15 is 0 Å². The van der Waals surface area contributed by atoms with E-state index in [0.29, 0.717) is 0 Å². The third-order valence-electron chi connectivity index (χ3n) is 1.93. The van der Waals surface area contributed by atoms with Gasteiger partial charge in [-0.15, -0.1) is 0 Å². The molecule has 1 rings (SSSR count). The number of rotatable bonds is 7. The topological polar surface area (TPSA) is 113 Å². The predicted molar refractivity (Wildman–Crippen MR) is 65.3 cm³/mol. The lowest BCUT2D eigenvalue weighted by Crippen LogP contribution is -2.35. The van der Waals surface area contributed by atoms with Crippen molar-refractivity contribution in [3.63, 3.8) is 0 Å². The van der Waals surface area contributed by atoms with Crippen molar-refractivity contribution in [1.29, 1.82) is 0 Å². The smallest absolute Gasteiger partial charge is 0.323 e. The van der Waals surface area contributed by atoms with Crippen LogP contribution in [0, 0.1) is 0 Å². The zero-order chi connectivity index (χ0) is 14.4. The molecule has 0 aliphatic heterocycles. The summed E-state index contributed by atoms with van der Waals surface area (Å²) in [5, 5.41) is 17.5. The summed E-state index contributed by atoms with van der Waals surface area (Å²) in [4.78, 5) is 30.4. The van der Waals surface area contributed by atoms with Crippen molar-refractivity contribution >= 4 is 17.8 Å². The highest BCUT2D eigenvalue weighted by Gasteiger charge is 2.16. The van der Waals surface area contributed by atoms with Crippen LogP contribution in [-0.2, 0) is 9.59 Å². The van der Waals surface area contributed by atoms with Crippen molar-refractivity contribution in [2.45, 2.75) is 20.0 Å². The minimum Gasteiger partial charge on any atom is -0.480 e. The van der Waals surface area contributed by atoms with Crippen LogP contribution in [0.2, 0.25) is 0 Å². The molecule has 0 radical (unpaired) electrons. The summed E-state index contributed by atoms with van der Waals surface area (Å²) in [5.41, 5.74) is 0. The molecule has 19 heavy (non-hydrogen) atoms.